The molecule has 0 spiro atoms. The summed E-state index contributed by atoms with van der Waals surface area (Å²) in [4.78, 5) is 0. The molecule has 0 fully saturated rings. The van der Waals surface area contributed by atoms with Crippen molar-refractivity contribution in [2.24, 2.45) is 5.92 Å². The summed E-state index contributed by atoms with van der Waals surface area (Å²) in [6.07, 6.45) is 0. The van der Waals surface area contributed by atoms with Gasteiger partial charge >= 0.3 is 58.4 Å². The summed E-state index contributed by atoms with van der Waals surface area (Å²) < 4.78 is 35.1. The Hall–Kier alpha value is 0.721. The molecule has 0 N–H and O–H groups in total. The second kappa shape index (κ2) is 6.22. The van der Waals surface area contributed by atoms with E-state index >= 15 is 0 Å². The summed E-state index contributed by atoms with van der Waals surface area (Å²) in [5.41, 5.74) is -0.211. The minimum Gasteiger partial charge on any atom is -0.445 e. The molecule has 0 radical (unpaired) electrons. The van der Waals surface area contributed by atoms with Gasteiger partial charge in [-0.1, -0.05) is 13.8 Å². The average Bonchev–Trinajstić information content (AvgIpc) is 1.80. The second-order valence-corrected chi connectivity index (χ2v) is 2.51. The van der Waals surface area contributed by atoms with E-state index in [2.05, 4.69) is 0 Å². The van der Waals surface area contributed by atoms with E-state index in [1.807, 2.05) is 0 Å². The first-order chi connectivity index (χ1) is 4.87. The summed E-state index contributed by atoms with van der Waals surface area (Å²) in [5.74, 6) is -0.256. The largest absolute Gasteiger partial charge is 1.00 e. The van der Waals surface area contributed by atoms with E-state index in [0.29, 0.717) is 0 Å². The topological polar surface area (TPSA) is 23.8 Å². The van der Waals surface area contributed by atoms with Crippen molar-refractivity contribution in [1.82, 2.24) is 0 Å². The molecule has 0 saturated carbocycles. The third-order valence-corrected chi connectivity index (χ3v) is 1.12. The fourth-order valence-corrected chi connectivity index (χ4v) is 0.562. The third-order valence-electron chi connectivity index (χ3n) is 1.12. The maximum Gasteiger partial charge on any atom is 1.00 e. The second-order valence-electron chi connectivity index (χ2n) is 2.51. The zero-order valence-electron chi connectivity index (χ0n) is 7.31. The molecule has 0 aliphatic heterocycles. The van der Waals surface area contributed by atoms with Gasteiger partial charge in [0.1, 0.15) is 0 Å². The Morgan fingerprint density at radius 2 is 1.83 bits per heavy atom. The maximum absolute atomic E-state index is 11.7. The molecule has 0 heterocycles. The van der Waals surface area contributed by atoms with Crippen molar-refractivity contribution >= 4 is 6.98 Å². The van der Waals surface area contributed by atoms with Crippen LogP contribution in [0.25, 0.3) is 0 Å². The Morgan fingerprint density at radius 1 is 1.42 bits per heavy atom. The zero-order chi connectivity index (χ0) is 9.07. The van der Waals surface area contributed by atoms with Gasteiger partial charge in [-0.2, -0.15) is 5.26 Å². The van der Waals surface area contributed by atoms with Gasteiger partial charge in [0, 0.05) is 0 Å². The van der Waals surface area contributed by atoms with E-state index in [-0.39, 0.29) is 68.9 Å². The number of nitrogens with zero attached hydrogens (tertiary/aromatic N) is 1. The SMILES string of the molecule is CC(C)/C(C#N)=C/[B-](F)(F)F.[K+]. The molecule has 0 amide bonds. The molecule has 1 nitrogen and oxygen atoms in total. The van der Waals surface area contributed by atoms with E-state index in [4.69, 9.17) is 5.26 Å². The van der Waals surface area contributed by atoms with Crippen LogP contribution in [0.3, 0.4) is 0 Å². The third kappa shape index (κ3) is 7.37. The quantitative estimate of drug-likeness (QED) is 0.435. The molecule has 0 bridgehead atoms. The predicted molar refractivity (Wildman–Crippen MR) is 37.6 cm³/mol. The van der Waals surface area contributed by atoms with Crippen LogP contribution in [0.1, 0.15) is 13.8 Å². The summed E-state index contributed by atoms with van der Waals surface area (Å²) in [6.45, 7) is -1.86. The van der Waals surface area contributed by atoms with Crippen LogP contribution in [0.2, 0.25) is 0 Å². The van der Waals surface area contributed by atoms with E-state index in [1.54, 1.807) is 13.8 Å². The first-order valence-corrected chi connectivity index (χ1v) is 3.19. The summed E-state index contributed by atoms with van der Waals surface area (Å²) in [7, 11) is 0. The summed E-state index contributed by atoms with van der Waals surface area (Å²) >= 11 is 0. The van der Waals surface area contributed by atoms with Crippen LogP contribution < -0.4 is 51.4 Å². The van der Waals surface area contributed by atoms with Crippen LogP contribution in [0.5, 0.6) is 0 Å². The molecule has 0 aromatic carbocycles. The molecule has 0 unspecified atom stereocenters. The van der Waals surface area contributed by atoms with Gasteiger partial charge in [-0.05, 0) is 11.5 Å². The van der Waals surface area contributed by atoms with Crippen molar-refractivity contribution in [2.45, 2.75) is 13.8 Å². The summed E-state index contributed by atoms with van der Waals surface area (Å²) in [5, 5.41) is 8.25. The summed E-state index contributed by atoms with van der Waals surface area (Å²) in [6, 6.07) is 1.51. The molecule has 0 saturated heterocycles. The minimum absolute atomic E-state index is 0. The number of hydrogen-bond donors (Lipinski definition) is 0. The monoisotopic (exact) mass is 201 g/mol. The van der Waals surface area contributed by atoms with Crippen molar-refractivity contribution in [2.75, 3.05) is 0 Å². The van der Waals surface area contributed by atoms with Gasteiger partial charge < -0.3 is 12.9 Å². The van der Waals surface area contributed by atoms with E-state index < -0.39 is 6.98 Å². The van der Waals surface area contributed by atoms with E-state index in [0.717, 1.165) is 0 Å². The van der Waals surface area contributed by atoms with Crippen LogP contribution in [0.15, 0.2) is 11.5 Å². The molecule has 0 aromatic heterocycles. The van der Waals surface area contributed by atoms with Gasteiger partial charge in [-0.25, -0.2) is 0 Å². The molecule has 0 atom stereocenters. The Labute approximate surface area is 112 Å². The normalized spacial score (nSPS) is 12.2. The zero-order valence-corrected chi connectivity index (χ0v) is 10.4. The number of allylic oxidation sites excluding steroid dienone is 1. The van der Waals surface area contributed by atoms with Crippen molar-refractivity contribution in [3.8, 4) is 6.07 Å². The standard InChI is InChI=1S/C6H8BF3N.K/c1-5(2)6(4-11)3-7(8,9)10;/h3,5H,1-2H3;/q-1;+1/b6-3+;. The predicted octanol–water partition coefficient (Wildman–Crippen LogP) is -0.517. The van der Waals surface area contributed by atoms with Crippen molar-refractivity contribution in [1.29, 1.82) is 5.26 Å². The van der Waals surface area contributed by atoms with Gasteiger partial charge in [-0.15, -0.1) is 5.98 Å². The maximum atomic E-state index is 11.7. The fraction of sp³-hybridized carbons (Fsp3) is 0.500. The van der Waals surface area contributed by atoms with E-state index in [1.165, 1.54) is 6.07 Å². The Balaban J connectivity index is 0. The van der Waals surface area contributed by atoms with Gasteiger partial charge in [0.15, 0.2) is 0 Å². The Bertz CT molecular complexity index is 204. The molecule has 0 aliphatic carbocycles. The number of halogens is 3. The van der Waals surface area contributed by atoms with Crippen LogP contribution in [-0.2, 0) is 0 Å². The first kappa shape index (κ1) is 15.2. The van der Waals surface area contributed by atoms with Gasteiger partial charge in [0.25, 0.3) is 0 Å². The molecule has 62 valence electrons. The van der Waals surface area contributed by atoms with Gasteiger partial charge in [-0.3, -0.25) is 0 Å². The number of rotatable bonds is 2. The molecule has 0 aliphatic rings. The molecular formula is C6H8BF3KN. The smallest absolute Gasteiger partial charge is 0.445 e. The number of nitriles is 1. The molecule has 6 heteroatoms. The van der Waals surface area contributed by atoms with Crippen molar-refractivity contribution in [3.05, 3.63) is 11.5 Å². The molecular weight excluding hydrogens is 193 g/mol. The number of hydrogen-bond acceptors (Lipinski definition) is 1. The van der Waals surface area contributed by atoms with Crippen LogP contribution in [0, 0.1) is 17.2 Å². The van der Waals surface area contributed by atoms with Crippen molar-refractivity contribution < 1.29 is 64.3 Å². The molecule has 0 rings (SSSR count). The van der Waals surface area contributed by atoms with Crippen LogP contribution in [-0.4, -0.2) is 6.98 Å². The van der Waals surface area contributed by atoms with Gasteiger partial charge in [0.2, 0.25) is 0 Å². The van der Waals surface area contributed by atoms with Crippen LogP contribution in [0.4, 0.5) is 12.9 Å². The minimum atomic E-state index is -4.97. The fourth-order valence-electron chi connectivity index (χ4n) is 0.562. The molecule has 12 heavy (non-hydrogen) atoms. The first-order valence-electron chi connectivity index (χ1n) is 3.19. The Kier molecular flexibility index (Phi) is 7.88. The average molecular weight is 201 g/mol. The van der Waals surface area contributed by atoms with Crippen molar-refractivity contribution in [3.63, 3.8) is 0 Å². The van der Waals surface area contributed by atoms with Crippen LogP contribution >= 0.6 is 0 Å². The van der Waals surface area contributed by atoms with Gasteiger partial charge in [0.05, 0.1) is 6.07 Å². The molecule has 0 aromatic rings. The van der Waals surface area contributed by atoms with E-state index in [9.17, 15) is 12.9 Å². The Morgan fingerprint density at radius 3 is 1.92 bits per heavy atom.